The van der Waals surface area contributed by atoms with E-state index in [1.807, 2.05) is 26.0 Å². The fourth-order valence-corrected chi connectivity index (χ4v) is 6.43. The van der Waals surface area contributed by atoms with Crippen LogP contribution in [0.3, 0.4) is 0 Å². The molecule has 0 unspecified atom stereocenters. The molecule has 0 N–H and O–H groups in total. The molecular weight excluding hydrogens is 334 g/mol. The number of nitrogens with zero attached hydrogens (tertiary/aromatic N) is 1. The molecule has 1 aliphatic heterocycles. The highest BCUT2D eigenvalue weighted by atomic mass is 32.2. The smallest absolute Gasteiger partial charge is 0.228 e. The number of sulfone groups is 1. The van der Waals surface area contributed by atoms with Gasteiger partial charge in [0.15, 0.2) is 9.84 Å². The van der Waals surface area contributed by atoms with Gasteiger partial charge in [-0.2, -0.15) is 4.31 Å². The Morgan fingerprint density at radius 2 is 1.65 bits per heavy atom. The zero-order chi connectivity index (χ0) is 17.3. The van der Waals surface area contributed by atoms with Gasteiger partial charge in [0, 0.05) is 13.1 Å². The number of rotatable bonds is 7. The van der Waals surface area contributed by atoms with Crippen molar-refractivity contribution >= 4 is 19.9 Å². The number of aryl methyl sites for hydroxylation is 1. The van der Waals surface area contributed by atoms with Crippen LogP contribution in [-0.4, -0.2) is 45.2 Å². The van der Waals surface area contributed by atoms with Crippen molar-refractivity contribution in [2.24, 2.45) is 5.92 Å². The van der Waals surface area contributed by atoms with Gasteiger partial charge in [0.05, 0.1) is 15.9 Å². The van der Waals surface area contributed by atoms with Gasteiger partial charge in [0.2, 0.25) is 10.0 Å². The summed E-state index contributed by atoms with van der Waals surface area (Å²) in [5, 5.41) is -0.570. The van der Waals surface area contributed by atoms with Crippen molar-refractivity contribution in [2.45, 2.75) is 43.8 Å². The summed E-state index contributed by atoms with van der Waals surface area (Å²) in [5.74, 6) is 0.161. The molecule has 1 heterocycles. The molecule has 7 heteroatoms. The Hall–Kier alpha value is -0.920. The van der Waals surface area contributed by atoms with Gasteiger partial charge in [-0.1, -0.05) is 39.3 Å². The van der Waals surface area contributed by atoms with Crippen molar-refractivity contribution in [3.05, 3.63) is 29.8 Å². The molecule has 0 radical (unpaired) electrons. The van der Waals surface area contributed by atoms with E-state index in [1.54, 1.807) is 12.1 Å². The lowest BCUT2D eigenvalue weighted by Crippen LogP contribution is -2.57. The lowest BCUT2D eigenvalue weighted by Gasteiger charge is -2.37. The minimum Gasteiger partial charge on any atom is -0.228 e. The maximum absolute atomic E-state index is 12.5. The first-order valence-electron chi connectivity index (χ1n) is 7.97. The first-order chi connectivity index (χ1) is 10.7. The molecule has 1 saturated heterocycles. The van der Waals surface area contributed by atoms with Crippen LogP contribution in [0.25, 0.3) is 0 Å². The minimum absolute atomic E-state index is 0.0526. The molecule has 0 amide bonds. The Balaban J connectivity index is 2.06. The third kappa shape index (κ3) is 4.14. The van der Waals surface area contributed by atoms with Crippen LogP contribution < -0.4 is 0 Å². The highest BCUT2D eigenvalue weighted by Crippen LogP contribution is 2.26. The van der Waals surface area contributed by atoms with Crippen LogP contribution in [0.2, 0.25) is 0 Å². The lowest BCUT2D eigenvalue weighted by atomic mass is 10.1. The van der Waals surface area contributed by atoms with Crippen LogP contribution in [-0.2, 0) is 26.3 Å². The molecule has 0 saturated carbocycles. The number of hydrogen-bond donors (Lipinski definition) is 0. The minimum atomic E-state index is -3.59. The molecule has 0 aliphatic carbocycles. The highest BCUT2D eigenvalue weighted by Gasteiger charge is 2.43. The van der Waals surface area contributed by atoms with Crippen molar-refractivity contribution in [2.75, 3.05) is 18.8 Å². The van der Waals surface area contributed by atoms with Gasteiger partial charge in [-0.25, -0.2) is 16.8 Å². The number of sulfonamides is 1. The largest absolute Gasteiger partial charge is 0.243 e. The fraction of sp³-hybridized carbons (Fsp3) is 0.625. The van der Waals surface area contributed by atoms with Crippen LogP contribution in [0.1, 0.15) is 32.8 Å². The number of benzene rings is 1. The van der Waals surface area contributed by atoms with E-state index in [-0.39, 0.29) is 29.7 Å². The van der Waals surface area contributed by atoms with Crippen LogP contribution >= 0.6 is 0 Å². The maximum Gasteiger partial charge on any atom is 0.243 e. The fourth-order valence-electron chi connectivity index (χ4n) is 2.69. The van der Waals surface area contributed by atoms with Crippen LogP contribution in [0.15, 0.2) is 29.2 Å². The molecule has 2 rings (SSSR count). The first-order valence-corrected chi connectivity index (χ1v) is 11.1. The van der Waals surface area contributed by atoms with Crippen molar-refractivity contribution in [3.8, 4) is 0 Å². The predicted molar refractivity (Wildman–Crippen MR) is 91.6 cm³/mol. The molecule has 5 nitrogen and oxygen atoms in total. The second-order valence-electron chi connectivity index (χ2n) is 6.56. The third-order valence-corrected chi connectivity index (χ3v) is 8.28. The van der Waals surface area contributed by atoms with E-state index in [9.17, 15) is 16.8 Å². The van der Waals surface area contributed by atoms with Crippen molar-refractivity contribution < 1.29 is 16.8 Å². The van der Waals surface area contributed by atoms with Crippen LogP contribution in [0.5, 0.6) is 0 Å². The molecule has 0 spiro atoms. The molecule has 1 aromatic rings. The molecule has 0 aromatic heterocycles. The summed E-state index contributed by atoms with van der Waals surface area (Å²) in [6.45, 7) is 5.90. The van der Waals surface area contributed by atoms with E-state index in [4.69, 9.17) is 0 Å². The summed E-state index contributed by atoms with van der Waals surface area (Å²) in [7, 11) is -6.81. The molecule has 0 atom stereocenters. The summed E-state index contributed by atoms with van der Waals surface area (Å²) in [6.07, 6.45) is 1.92. The van der Waals surface area contributed by atoms with Crippen LogP contribution in [0.4, 0.5) is 0 Å². The Bertz CT molecular complexity index is 731. The van der Waals surface area contributed by atoms with E-state index >= 15 is 0 Å². The average Bonchev–Trinajstić information content (AvgIpc) is 2.35. The van der Waals surface area contributed by atoms with Gasteiger partial charge in [-0.05, 0) is 30.0 Å². The highest BCUT2D eigenvalue weighted by molar-refractivity contribution is 7.92. The zero-order valence-corrected chi connectivity index (χ0v) is 15.5. The Kier molecular flexibility index (Phi) is 5.53. The van der Waals surface area contributed by atoms with Crippen molar-refractivity contribution in [3.63, 3.8) is 0 Å². The van der Waals surface area contributed by atoms with E-state index in [1.165, 1.54) is 4.31 Å². The molecule has 23 heavy (non-hydrogen) atoms. The molecule has 0 bridgehead atoms. The Labute approximate surface area is 139 Å². The zero-order valence-electron chi connectivity index (χ0n) is 13.9. The van der Waals surface area contributed by atoms with E-state index in [0.29, 0.717) is 0 Å². The quantitative estimate of drug-likeness (QED) is 0.747. The summed E-state index contributed by atoms with van der Waals surface area (Å²) in [6, 6.07) is 6.86. The molecule has 1 aliphatic rings. The maximum atomic E-state index is 12.5. The van der Waals surface area contributed by atoms with Gasteiger partial charge >= 0.3 is 0 Å². The molecule has 1 fully saturated rings. The summed E-state index contributed by atoms with van der Waals surface area (Å²) < 4.78 is 50.5. The average molecular weight is 360 g/mol. The topological polar surface area (TPSA) is 71.5 Å². The standard InChI is InChI=1S/C16H25NO4S2/c1-4-5-14-6-8-15(9-7-14)23(20,21)17-10-16(11-17)22(18,19)12-13(2)3/h6-9,13,16H,4-5,10-12H2,1-3H3. The SMILES string of the molecule is CCCc1ccc(S(=O)(=O)N2CC(S(=O)(=O)CC(C)C)C2)cc1. The van der Waals surface area contributed by atoms with Crippen LogP contribution in [0, 0.1) is 5.92 Å². The van der Waals surface area contributed by atoms with Gasteiger partial charge in [0.25, 0.3) is 0 Å². The lowest BCUT2D eigenvalue weighted by molar-refractivity contribution is 0.309. The Morgan fingerprint density at radius 3 is 2.13 bits per heavy atom. The second kappa shape index (κ2) is 6.91. The first kappa shape index (κ1) is 18.4. The van der Waals surface area contributed by atoms with Crippen molar-refractivity contribution in [1.29, 1.82) is 0 Å². The van der Waals surface area contributed by atoms with Gasteiger partial charge in [-0.3, -0.25) is 0 Å². The van der Waals surface area contributed by atoms with Gasteiger partial charge in [-0.15, -0.1) is 0 Å². The second-order valence-corrected chi connectivity index (χ2v) is 10.8. The summed E-state index contributed by atoms with van der Waals surface area (Å²) >= 11 is 0. The van der Waals surface area contributed by atoms with E-state index in [0.717, 1.165) is 18.4 Å². The predicted octanol–water partition coefficient (Wildman–Crippen LogP) is 2.08. The van der Waals surface area contributed by atoms with E-state index < -0.39 is 25.1 Å². The molecular formula is C16H25NO4S2. The van der Waals surface area contributed by atoms with Gasteiger partial charge in [0.1, 0.15) is 0 Å². The molecule has 130 valence electrons. The van der Waals surface area contributed by atoms with E-state index in [2.05, 4.69) is 6.92 Å². The van der Waals surface area contributed by atoms with Gasteiger partial charge < -0.3 is 0 Å². The Morgan fingerprint density at radius 1 is 1.09 bits per heavy atom. The normalized spacial score (nSPS) is 17.4. The van der Waals surface area contributed by atoms with Crippen molar-refractivity contribution in [1.82, 2.24) is 4.31 Å². The third-order valence-electron chi connectivity index (χ3n) is 3.99. The monoisotopic (exact) mass is 359 g/mol. The summed E-state index contributed by atoms with van der Waals surface area (Å²) in [4.78, 5) is 0.233. The summed E-state index contributed by atoms with van der Waals surface area (Å²) in [5.41, 5.74) is 1.10. The number of hydrogen-bond acceptors (Lipinski definition) is 4. The molecule has 1 aromatic carbocycles.